The molecule has 47 valence electrons. The second-order valence-electron chi connectivity index (χ2n) is 1.57. The molecule has 0 amide bonds. The molecule has 0 unspecified atom stereocenters. The van der Waals surface area contributed by atoms with Crippen LogP contribution in [0.2, 0.25) is 0 Å². The van der Waals surface area contributed by atoms with Crippen molar-refractivity contribution in [2.45, 2.75) is 19.0 Å². The van der Waals surface area contributed by atoms with Gasteiger partial charge in [0.05, 0.1) is 12.6 Å². The van der Waals surface area contributed by atoms with Crippen molar-refractivity contribution in [3.8, 4) is 0 Å². The van der Waals surface area contributed by atoms with Crippen molar-refractivity contribution in [3.63, 3.8) is 0 Å². The number of hydrogen-bond acceptors (Lipinski definition) is 3. The molecule has 0 aromatic carbocycles. The Morgan fingerprint density at radius 2 is 2.00 bits per heavy atom. The van der Waals surface area contributed by atoms with Crippen molar-refractivity contribution < 1.29 is 9.90 Å². The lowest BCUT2D eigenvalue weighted by Crippen LogP contribution is -2.30. The third kappa shape index (κ3) is 5.39. The Morgan fingerprint density at radius 1 is 1.50 bits per heavy atom. The lowest BCUT2D eigenvalue weighted by atomic mass is 10.3. The number of carbonyl (C=O) groups is 1. The predicted octanol–water partition coefficient (Wildman–Crippen LogP) is -1.03. The van der Waals surface area contributed by atoms with Crippen LogP contribution in [0.5, 0.6) is 0 Å². The number of rotatable bonds is 3. The third-order valence-corrected chi connectivity index (χ3v) is 0.682. The van der Waals surface area contributed by atoms with Gasteiger partial charge in [-0.1, -0.05) is 0 Å². The summed E-state index contributed by atoms with van der Waals surface area (Å²) in [6.07, 6.45) is -0.312. The van der Waals surface area contributed by atoms with E-state index in [0.717, 1.165) is 0 Å². The minimum atomic E-state index is -1.11. The molecule has 4 nitrogen and oxygen atoms in total. The van der Waals surface area contributed by atoms with E-state index in [-0.39, 0.29) is 12.8 Å². The first-order valence-electron chi connectivity index (χ1n) is 2.34. The number of nitrogens with two attached hydrogens (primary N) is 2. The van der Waals surface area contributed by atoms with Crippen LogP contribution in [0.15, 0.2) is 0 Å². The largest absolute Gasteiger partial charge is 0.355 e. The van der Waals surface area contributed by atoms with Crippen LogP contribution in [-0.2, 0) is 9.90 Å². The van der Waals surface area contributed by atoms with Gasteiger partial charge in [0.1, 0.15) is 0 Å². The summed E-state index contributed by atoms with van der Waals surface area (Å²) >= 11 is 0. The molecule has 0 spiro atoms. The van der Waals surface area contributed by atoms with Gasteiger partial charge in [0, 0.05) is 0 Å². The molecule has 0 aromatic rings. The molecule has 0 heterocycles. The van der Waals surface area contributed by atoms with Crippen LogP contribution in [-0.4, -0.2) is 12.1 Å². The first kappa shape index (κ1) is 7.39. The highest BCUT2D eigenvalue weighted by atomic mass is 16.4. The Morgan fingerprint density at radius 3 is 2.12 bits per heavy atom. The molecule has 0 aliphatic rings. The second kappa shape index (κ2) is 3.40. The van der Waals surface area contributed by atoms with Crippen molar-refractivity contribution >= 4 is 5.97 Å². The SMILES string of the molecule is NC(N)CCC([O])=O. The summed E-state index contributed by atoms with van der Waals surface area (Å²) < 4.78 is 0. The lowest BCUT2D eigenvalue weighted by molar-refractivity contribution is -0.143. The molecule has 0 saturated carbocycles. The molecular weight excluding hydrogens is 108 g/mol. The van der Waals surface area contributed by atoms with E-state index in [2.05, 4.69) is 0 Å². The van der Waals surface area contributed by atoms with Crippen molar-refractivity contribution in [1.82, 2.24) is 0 Å². The van der Waals surface area contributed by atoms with Gasteiger partial charge in [0.15, 0.2) is 0 Å². The van der Waals surface area contributed by atoms with E-state index in [4.69, 9.17) is 11.5 Å². The molecule has 4 heteroatoms. The van der Waals surface area contributed by atoms with Gasteiger partial charge >= 0.3 is 5.97 Å². The fourth-order valence-corrected chi connectivity index (χ4v) is 0.285. The van der Waals surface area contributed by atoms with E-state index in [1.807, 2.05) is 0 Å². The summed E-state index contributed by atoms with van der Waals surface area (Å²) in [5, 5.41) is 9.68. The van der Waals surface area contributed by atoms with Gasteiger partial charge in [0.2, 0.25) is 0 Å². The van der Waals surface area contributed by atoms with Crippen LogP contribution in [0.3, 0.4) is 0 Å². The first-order chi connectivity index (χ1) is 3.63. The maximum Gasteiger partial charge on any atom is 0.355 e. The molecule has 4 N–H and O–H groups in total. The highest BCUT2D eigenvalue weighted by Gasteiger charge is 2.00. The molecule has 0 saturated heterocycles. The average molecular weight is 117 g/mol. The lowest BCUT2D eigenvalue weighted by Gasteiger charge is -1.97. The smallest absolute Gasteiger partial charge is 0.316 e. The Labute approximate surface area is 47.5 Å². The molecule has 0 fully saturated rings. The van der Waals surface area contributed by atoms with Crippen LogP contribution in [0.25, 0.3) is 0 Å². The number of carbonyl (C=O) groups excluding carboxylic acids is 1. The van der Waals surface area contributed by atoms with Gasteiger partial charge in [-0.2, -0.15) is 0 Å². The van der Waals surface area contributed by atoms with Crippen LogP contribution < -0.4 is 11.5 Å². The molecule has 0 bridgehead atoms. The van der Waals surface area contributed by atoms with Gasteiger partial charge in [-0.25, -0.2) is 9.90 Å². The van der Waals surface area contributed by atoms with Crippen molar-refractivity contribution in [3.05, 3.63) is 0 Å². The van der Waals surface area contributed by atoms with Crippen molar-refractivity contribution in [2.24, 2.45) is 11.5 Å². The fraction of sp³-hybridized carbons (Fsp3) is 0.750. The zero-order valence-electron chi connectivity index (χ0n) is 4.46. The quantitative estimate of drug-likeness (QED) is 0.463. The van der Waals surface area contributed by atoms with E-state index >= 15 is 0 Å². The summed E-state index contributed by atoms with van der Waals surface area (Å²) in [6, 6.07) is 0. The molecule has 1 radical (unpaired) electrons. The average Bonchev–Trinajstić information content (AvgIpc) is 1.61. The Balaban J connectivity index is 3.05. The Kier molecular flexibility index (Phi) is 3.14. The summed E-state index contributed by atoms with van der Waals surface area (Å²) in [6.45, 7) is 0. The molecular formula is C4H9N2O2. The third-order valence-electron chi connectivity index (χ3n) is 0.682. The Hall–Kier alpha value is -0.610. The fourth-order valence-electron chi connectivity index (χ4n) is 0.285. The maximum atomic E-state index is 9.68. The summed E-state index contributed by atoms with van der Waals surface area (Å²) in [5.74, 6) is -1.11. The van der Waals surface area contributed by atoms with Gasteiger partial charge in [-0.05, 0) is 6.42 Å². The van der Waals surface area contributed by atoms with Crippen molar-refractivity contribution in [1.29, 1.82) is 0 Å². The highest BCUT2D eigenvalue weighted by Crippen LogP contribution is 1.87. The standard InChI is InChI=1S/C4H9N2O2/c5-3(6)1-2-4(7)8/h3H,1-2,5-6H2. The first-order valence-corrected chi connectivity index (χ1v) is 2.34. The molecule has 0 aliphatic carbocycles. The van der Waals surface area contributed by atoms with E-state index in [9.17, 15) is 9.90 Å². The summed E-state index contributed by atoms with van der Waals surface area (Å²) in [4.78, 5) is 9.68. The van der Waals surface area contributed by atoms with E-state index < -0.39 is 12.1 Å². The maximum absolute atomic E-state index is 9.68. The predicted molar refractivity (Wildman–Crippen MR) is 27.1 cm³/mol. The van der Waals surface area contributed by atoms with Gasteiger partial charge in [-0.3, -0.25) is 0 Å². The summed E-state index contributed by atoms with van der Waals surface area (Å²) in [5.41, 5.74) is 10.1. The van der Waals surface area contributed by atoms with Gasteiger partial charge in [-0.15, -0.1) is 0 Å². The van der Waals surface area contributed by atoms with Crippen molar-refractivity contribution in [2.75, 3.05) is 0 Å². The van der Waals surface area contributed by atoms with Crippen LogP contribution in [0, 0.1) is 0 Å². The van der Waals surface area contributed by atoms with Crippen LogP contribution >= 0.6 is 0 Å². The zero-order valence-corrected chi connectivity index (χ0v) is 4.46. The zero-order chi connectivity index (χ0) is 6.57. The van der Waals surface area contributed by atoms with Crippen LogP contribution in [0.4, 0.5) is 0 Å². The molecule has 8 heavy (non-hydrogen) atoms. The van der Waals surface area contributed by atoms with Crippen LogP contribution in [0.1, 0.15) is 12.8 Å². The van der Waals surface area contributed by atoms with E-state index in [0.29, 0.717) is 0 Å². The molecule has 0 aliphatic heterocycles. The topological polar surface area (TPSA) is 89.0 Å². The normalized spacial score (nSPS) is 9.88. The van der Waals surface area contributed by atoms with E-state index in [1.165, 1.54) is 0 Å². The number of hydrogen-bond donors (Lipinski definition) is 2. The second-order valence-corrected chi connectivity index (χ2v) is 1.57. The molecule has 0 atom stereocenters. The minimum absolute atomic E-state index is 0.0579. The monoisotopic (exact) mass is 117 g/mol. The minimum Gasteiger partial charge on any atom is -0.316 e. The van der Waals surface area contributed by atoms with E-state index in [1.54, 1.807) is 0 Å². The molecule has 0 rings (SSSR count). The molecule has 0 aromatic heterocycles. The Bertz CT molecular complexity index is 82.1. The summed E-state index contributed by atoms with van der Waals surface area (Å²) in [7, 11) is 0. The van der Waals surface area contributed by atoms with Gasteiger partial charge < -0.3 is 11.5 Å². The highest BCUT2D eigenvalue weighted by molar-refractivity contribution is 5.66. The van der Waals surface area contributed by atoms with Gasteiger partial charge in [0.25, 0.3) is 0 Å².